The lowest BCUT2D eigenvalue weighted by molar-refractivity contribution is -0.106. The summed E-state index contributed by atoms with van der Waals surface area (Å²) in [5, 5.41) is 2.49. The van der Waals surface area contributed by atoms with Gasteiger partial charge in [0.05, 0.1) is 5.69 Å². The Morgan fingerprint density at radius 2 is 1.94 bits per heavy atom. The quantitative estimate of drug-likeness (QED) is 0.676. The van der Waals surface area contributed by atoms with Gasteiger partial charge in [-0.1, -0.05) is 0 Å². The molecule has 0 amide bonds. The van der Waals surface area contributed by atoms with Crippen LogP contribution in [0.2, 0.25) is 0 Å². The third-order valence-corrected chi connectivity index (χ3v) is 3.59. The summed E-state index contributed by atoms with van der Waals surface area (Å²) in [7, 11) is 1.43. The van der Waals surface area contributed by atoms with Gasteiger partial charge in [-0.25, -0.2) is 4.39 Å². The van der Waals surface area contributed by atoms with Crippen molar-refractivity contribution in [2.45, 2.75) is 18.0 Å². The Morgan fingerprint density at radius 3 is 2.41 bits per heavy atom. The summed E-state index contributed by atoms with van der Waals surface area (Å²) in [5.74, 6) is -2.01. The fourth-order valence-electron chi connectivity index (χ4n) is 1.32. The van der Waals surface area contributed by atoms with Crippen LogP contribution in [0, 0.1) is 12.7 Å². The van der Waals surface area contributed by atoms with Gasteiger partial charge in [0, 0.05) is 18.7 Å². The molecule has 96 valence electrons. The van der Waals surface area contributed by atoms with Crippen LogP contribution in [-0.2, 0) is 11.2 Å². The molecule has 1 aromatic rings. The van der Waals surface area contributed by atoms with E-state index in [-0.39, 0.29) is 16.1 Å². The van der Waals surface area contributed by atoms with Gasteiger partial charge in [-0.15, -0.1) is 0 Å². The summed E-state index contributed by atoms with van der Waals surface area (Å²) >= 11 is -2.22. The van der Waals surface area contributed by atoms with Crippen LogP contribution in [0.5, 0.6) is 0 Å². The van der Waals surface area contributed by atoms with Gasteiger partial charge >= 0.3 is 6.18 Å². The highest BCUT2D eigenvalue weighted by molar-refractivity contribution is 7.91. The highest BCUT2D eigenvalue weighted by atomic mass is 32.2. The van der Waals surface area contributed by atoms with Crippen LogP contribution in [0.1, 0.15) is 5.56 Å². The highest BCUT2D eigenvalue weighted by Crippen LogP contribution is 2.28. The van der Waals surface area contributed by atoms with Crippen LogP contribution >= 0.6 is 0 Å². The van der Waals surface area contributed by atoms with E-state index in [1.807, 2.05) is 0 Å². The third-order valence-electron chi connectivity index (χ3n) is 2.07. The Bertz CT molecular complexity index is 408. The van der Waals surface area contributed by atoms with Gasteiger partial charge in [-0.3, -0.25) is 0 Å². The number of hydrogen-bond acceptors (Lipinski definition) is 2. The standard InChI is InChI=1S/C10H11F4NOS/c1-6-3-7(11)8(15-2)4-9(6)17(16)5-10(12,13)14/h3-4,15H,5H2,1-2H3. The molecule has 0 aromatic heterocycles. The number of benzene rings is 1. The maximum atomic E-state index is 13.2. The number of nitrogens with one attached hydrogen (secondary N) is 1. The molecule has 0 saturated heterocycles. The van der Waals surface area contributed by atoms with Crippen molar-refractivity contribution in [2.24, 2.45) is 0 Å². The van der Waals surface area contributed by atoms with E-state index in [2.05, 4.69) is 5.32 Å². The van der Waals surface area contributed by atoms with Crippen molar-refractivity contribution in [3.05, 3.63) is 23.5 Å². The number of anilines is 1. The predicted molar refractivity (Wildman–Crippen MR) is 58.0 cm³/mol. The van der Waals surface area contributed by atoms with Gasteiger partial charge in [0.15, 0.2) is 4.90 Å². The van der Waals surface area contributed by atoms with Gasteiger partial charge in [0.2, 0.25) is 5.75 Å². The van der Waals surface area contributed by atoms with Crippen molar-refractivity contribution in [3.63, 3.8) is 0 Å². The number of alkyl halides is 3. The van der Waals surface area contributed by atoms with Crippen LogP contribution in [-0.4, -0.2) is 23.5 Å². The third kappa shape index (κ3) is 3.78. The normalized spacial score (nSPS) is 13.6. The average Bonchev–Trinajstić information content (AvgIpc) is 2.14. The second-order valence-electron chi connectivity index (χ2n) is 3.45. The first kappa shape index (κ1) is 14.1. The fraction of sp³-hybridized carbons (Fsp3) is 0.400. The van der Waals surface area contributed by atoms with E-state index in [1.165, 1.54) is 14.0 Å². The minimum Gasteiger partial charge on any atom is -0.611 e. The zero-order valence-electron chi connectivity index (χ0n) is 9.19. The van der Waals surface area contributed by atoms with Crippen molar-refractivity contribution in [2.75, 3.05) is 18.1 Å². The molecular weight excluding hydrogens is 258 g/mol. The molecule has 0 bridgehead atoms. The van der Waals surface area contributed by atoms with Crippen molar-refractivity contribution in [1.29, 1.82) is 0 Å². The van der Waals surface area contributed by atoms with Gasteiger partial charge in [-0.2, -0.15) is 13.2 Å². The van der Waals surface area contributed by atoms with Crippen LogP contribution < -0.4 is 5.32 Å². The summed E-state index contributed by atoms with van der Waals surface area (Å²) in [6, 6.07) is 2.21. The molecule has 0 aliphatic heterocycles. The maximum Gasteiger partial charge on any atom is 0.433 e. The summed E-state index contributed by atoms with van der Waals surface area (Å²) < 4.78 is 61.1. The second-order valence-corrected chi connectivity index (χ2v) is 4.87. The van der Waals surface area contributed by atoms with Crippen molar-refractivity contribution in [1.82, 2.24) is 0 Å². The molecule has 1 rings (SSSR count). The molecular formula is C10H11F4NOS. The lowest BCUT2D eigenvalue weighted by atomic mass is 10.2. The Hall–Kier alpha value is -0.950. The minimum atomic E-state index is -4.51. The summed E-state index contributed by atoms with van der Waals surface area (Å²) in [6.45, 7) is 1.42. The first-order valence-corrected chi connectivity index (χ1v) is 5.99. The van der Waals surface area contributed by atoms with E-state index in [0.717, 1.165) is 12.1 Å². The van der Waals surface area contributed by atoms with Crippen LogP contribution in [0.15, 0.2) is 17.0 Å². The van der Waals surface area contributed by atoms with Gasteiger partial charge in [0.1, 0.15) is 5.82 Å². The largest absolute Gasteiger partial charge is 0.611 e. The molecule has 0 saturated carbocycles. The van der Waals surface area contributed by atoms with Crippen LogP contribution in [0.4, 0.5) is 23.2 Å². The van der Waals surface area contributed by atoms with Crippen LogP contribution in [0.3, 0.4) is 0 Å². The molecule has 1 atom stereocenters. The number of rotatable bonds is 3. The highest BCUT2D eigenvalue weighted by Gasteiger charge is 2.36. The van der Waals surface area contributed by atoms with Crippen molar-refractivity contribution >= 4 is 16.9 Å². The molecule has 1 unspecified atom stereocenters. The lowest BCUT2D eigenvalue weighted by Crippen LogP contribution is -2.23. The monoisotopic (exact) mass is 269 g/mol. The Balaban J connectivity index is 3.05. The van der Waals surface area contributed by atoms with E-state index in [4.69, 9.17) is 0 Å². The Labute approximate surface area is 99.2 Å². The molecule has 0 fully saturated rings. The first-order valence-electron chi connectivity index (χ1n) is 4.67. The van der Waals surface area contributed by atoms with E-state index in [9.17, 15) is 22.1 Å². The number of halogens is 4. The first-order chi connectivity index (χ1) is 7.74. The van der Waals surface area contributed by atoms with Crippen molar-refractivity contribution < 1.29 is 22.1 Å². The van der Waals surface area contributed by atoms with Gasteiger partial charge in [0.25, 0.3) is 0 Å². The number of hydrogen-bond donors (Lipinski definition) is 1. The lowest BCUT2D eigenvalue weighted by Gasteiger charge is -2.15. The van der Waals surface area contributed by atoms with E-state index in [1.54, 1.807) is 0 Å². The molecule has 2 nitrogen and oxygen atoms in total. The van der Waals surface area contributed by atoms with Crippen LogP contribution in [0.25, 0.3) is 0 Å². The van der Waals surface area contributed by atoms with E-state index >= 15 is 0 Å². The minimum absolute atomic E-state index is 0.00641. The fourth-order valence-corrected chi connectivity index (χ4v) is 2.44. The molecule has 0 aliphatic carbocycles. The van der Waals surface area contributed by atoms with Gasteiger partial charge in [-0.05, 0) is 24.2 Å². The zero-order valence-corrected chi connectivity index (χ0v) is 10.0. The second kappa shape index (κ2) is 5.14. The summed E-state index contributed by atoms with van der Waals surface area (Å²) in [5.41, 5.74) is 0.269. The molecule has 17 heavy (non-hydrogen) atoms. The van der Waals surface area contributed by atoms with E-state index < -0.39 is 28.9 Å². The summed E-state index contributed by atoms with van der Waals surface area (Å²) in [6.07, 6.45) is -4.51. The topological polar surface area (TPSA) is 35.1 Å². The predicted octanol–water partition coefficient (Wildman–Crippen LogP) is 2.85. The average molecular weight is 269 g/mol. The maximum absolute atomic E-state index is 13.2. The molecule has 7 heteroatoms. The summed E-state index contributed by atoms with van der Waals surface area (Å²) in [4.78, 5) is -0.00641. The Kier molecular flexibility index (Phi) is 4.26. The Morgan fingerprint density at radius 1 is 1.35 bits per heavy atom. The molecule has 0 heterocycles. The SMILES string of the molecule is CNc1cc([S+]([O-])CC(F)(F)F)c(C)cc1F. The zero-order chi connectivity index (χ0) is 13.2. The van der Waals surface area contributed by atoms with Gasteiger partial charge < -0.3 is 9.87 Å². The molecule has 0 aliphatic rings. The molecule has 1 aromatic carbocycles. The molecule has 1 N–H and O–H groups in total. The molecule has 0 radical (unpaired) electrons. The number of aryl methyl sites for hydroxylation is 1. The molecule has 0 spiro atoms. The van der Waals surface area contributed by atoms with Crippen molar-refractivity contribution in [3.8, 4) is 0 Å². The van der Waals surface area contributed by atoms with E-state index in [0.29, 0.717) is 0 Å². The smallest absolute Gasteiger partial charge is 0.433 e.